The molecule has 1 amide bonds. The lowest BCUT2D eigenvalue weighted by molar-refractivity contribution is 0.0939. The minimum Gasteiger partial charge on any atom is -0.356 e. The highest BCUT2D eigenvalue weighted by Gasteiger charge is 2.34. The molecule has 5 heteroatoms. The third kappa shape index (κ3) is 3.01. The van der Waals surface area contributed by atoms with Crippen LogP contribution in [0.1, 0.15) is 61.4 Å². The van der Waals surface area contributed by atoms with Crippen LogP contribution in [-0.4, -0.2) is 35.5 Å². The summed E-state index contributed by atoms with van der Waals surface area (Å²) in [5.41, 5.74) is 1.70. The molecule has 0 radical (unpaired) electrons. The molecule has 1 N–H and O–H groups in total. The van der Waals surface area contributed by atoms with Crippen molar-refractivity contribution in [2.45, 2.75) is 52.4 Å². The lowest BCUT2D eigenvalue weighted by Crippen LogP contribution is -2.44. The Morgan fingerprint density at radius 2 is 1.96 bits per heavy atom. The Bertz CT molecular complexity index is 630. The molecule has 3 aliphatic rings. The molecular formula is C19H28N4O. The fraction of sp³-hybridized carbons (Fsp3) is 0.737. The summed E-state index contributed by atoms with van der Waals surface area (Å²) in [5.74, 6) is 3.95. The second-order valence-electron chi connectivity index (χ2n) is 8.20. The van der Waals surface area contributed by atoms with Gasteiger partial charge in [0.2, 0.25) is 0 Å². The van der Waals surface area contributed by atoms with Gasteiger partial charge in [-0.2, -0.15) is 0 Å². The van der Waals surface area contributed by atoms with Crippen LogP contribution in [0, 0.1) is 17.8 Å². The first-order valence-corrected chi connectivity index (χ1v) is 9.53. The average molecular weight is 328 g/mol. The summed E-state index contributed by atoms with van der Waals surface area (Å²) < 4.78 is 0. The van der Waals surface area contributed by atoms with Crippen molar-refractivity contribution in [2.75, 3.05) is 24.5 Å². The minimum absolute atomic E-state index is 0.0258. The fourth-order valence-electron chi connectivity index (χ4n) is 4.64. The van der Waals surface area contributed by atoms with Gasteiger partial charge in [0.15, 0.2) is 0 Å². The topological polar surface area (TPSA) is 58.1 Å². The smallest absolute Gasteiger partial charge is 0.270 e. The van der Waals surface area contributed by atoms with Crippen LogP contribution in [0.2, 0.25) is 0 Å². The van der Waals surface area contributed by atoms with E-state index < -0.39 is 0 Å². The Morgan fingerprint density at radius 1 is 1.21 bits per heavy atom. The third-order valence-corrected chi connectivity index (χ3v) is 5.65. The van der Waals surface area contributed by atoms with Gasteiger partial charge in [-0.15, -0.1) is 0 Å². The van der Waals surface area contributed by atoms with Crippen LogP contribution in [0.3, 0.4) is 0 Å². The van der Waals surface area contributed by atoms with Gasteiger partial charge in [0.25, 0.3) is 5.91 Å². The van der Waals surface area contributed by atoms with Gasteiger partial charge in [-0.25, -0.2) is 9.97 Å². The minimum atomic E-state index is -0.0258. The normalized spacial score (nSPS) is 26.3. The number of anilines is 1. The second-order valence-corrected chi connectivity index (χ2v) is 8.20. The number of nitrogens with one attached hydrogen (secondary N) is 1. The zero-order chi connectivity index (χ0) is 16.7. The summed E-state index contributed by atoms with van der Waals surface area (Å²) in [4.78, 5) is 24.4. The number of piperidine rings is 1. The molecule has 1 saturated heterocycles. The summed E-state index contributed by atoms with van der Waals surface area (Å²) in [6, 6.07) is 0. The van der Waals surface area contributed by atoms with Crippen molar-refractivity contribution in [2.24, 2.45) is 17.8 Å². The van der Waals surface area contributed by atoms with E-state index in [2.05, 4.69) is 29.0 Å². The number of carbonyl (C=O) groups is 1. The SMILES string of the molecule is CC(C)Cc1nc2c(c(N3C[C@@H]4CCC[C@@H](C4)C3)n1)CCNC2=O. The maximum Gasteiger partial charge on any atom is 0.270 e. The highest BCUT2D eigenvalue weighted by molar-refractivity contribution is 5.96. The van der Waals surface area contributed by atoms with E-state index in [0.717, 1.165) is 55.0 Å². The Balaban J connectivity index is 1.72. The van der Waals surface area contributed by atoms with Crippen molar-refractivity contribution in [3.05, 3.63) is 17.1 Å². The van der Waals surface area contributed by atoms with Crippen LogP contribution >= 0.6 is 0 Å². The molecule has 4 rings (SSSR count). The lowest BCUT2D eigenvalue weighted by Gasteiger charge is -2.42. The number of rotatable bonds is 3. The van der Waals surface area contributed by atoms with Crippen LogP contribution in [0.5, 0.6) is 0 Å². The molecular weight excluding hydrogens is 300 g/mol. The highest BCUT2D eigenvalue weighted by Crippen LogP contribution is 2.37. The Labute approximate surface area is 144 Å². The molecule has 24 heavy (non-hydrogen) atoms. The zero-order valence-electron chi connectivity index (χ0n) is 14.8. The van der Waals surface area contributed by atoms with E-state index in [-0.39, 0.29) is 5.91 Å². The van der Waals surface area contributed by atoms with E-state index >= 15 is 0 Å². The molecule has 1 aromatic rings. The summed E-state index contributed by atoms with van der Waals surface area (Å²) in [7, 11) is 0. The monoisotopic (exact) mass is 328 g/mol. The van der Waals surface area contributed by atoms with E-state index in [9.17, 15) is 4.79 Å². The first-order chi connectivity index (χ1) is 11.6. The van der Waals surface area contributed by atoms with Crippen LogP contribution in [0.25, 0.3) is 0 Å². The van der Waals surface area contributed by atoms with E-state index in [1.54, 1.807) is 0 Å². The van der Waals surface area contributed by atoms with Gasteiger partial charge in [-0.1, -0.05) is 20.3 Å². The third-order valence-electron chi connectivity index (χ3n) is 5.65. The van der Waals surface area contributed by atoms with Crippen molar-refractivity contribution in [3.63, 3.8) is 0 Å². The second kappa shape index (κ2) is 6.34. The van der Waals surface area contributed by atoms with Gasteiger partial charge in [-0.3, -0.25) is 4.79 Å². The van der Waals surface area contributed by atoms with E-state index in [4.69, 9.17) is 4.98 Å². The Hall–Kier alpha value is -1.65. The molecule has 2 bridgehead atoms. The maximum absolute atomic E-state index is 12.3. The van der Waals surface area contributed by atoms with Gasteiger partial charge >= 0.3 is 0 Å². The van der Waals surface area contributed by atoms with Gasteiger partial charge in [0.1, 0.15) is 17.3 Å². The van der Waals surface area contributed by atoms with Crippen LogP contribution < -0.4 is 10.2 Å². The van der Waals surface area contributed by atoms with E-state index in [1.807, 2.05) is 0 Å². The van der Waals surface area contributed by atoms with E-state index in [0.29, 0.717) is 18.2 Å². The number of aromatic nitrogens is 2. The van der Waals surface area contributed by atoms with Crippen molar-refractivity contribution in [3.8, 4) is 0 Å². The predicted octanol–water partition coefficient (Wildman–Crippen LogP) is 2.59. The number of amides is 1. The first-order valence-electron chi connectivity index (χ1n) is 9.53. The maximum atomic E-state index is 12.3. The highest BCUT2D eigenvalue weighted by atomic mass is 16.1. The molecule has 0 spiro atoms. The fourth-order valence-corrected chi connectivity index (χ4v) is 4.64. The quantitative estimate of drug-likeness (QED) is 0.926. The number of fused-ring (bicyclic) bond motifs is 3. The predicted molar refractivity (Wildman–Crippen MR) is 94.3 cm³/mol. The first kappa shape index (κ1) is 15.9. The molecule has 2 fully saturated rings. The number of hydrogen-bond donors (Lipinski definition) is 1. The molecule has 2 atom stereocenters. The van der Waals surface area contributed by atoms with Gasteiger partial charge in [0.05, 0.1) is 0 Å². The number of nitrogens with zero attached hydrogens (tertiary/aromatic N) is 3. The van der Waals surface area contributed by atoms with Crippen LogP contribution in [0.15, 0.2) is 0 Å². The molecule has 0 unspecified atom stereocenters. The average Bonchev–Trinajstić information content (AvgIpc) is 2.54. The standard InChI is InChI=1S/C19H28N4O/c1-12(2)8-16-21-17-15(6-7-20-19(17)24)18(22-16)23-10-13-4-3-5-14(9-13)11-23/h12-14H,3-11H2,1-2H3,(H,20,24)/t13-,14+. The van der Waals surface area contributed by atoms with Gasteiger partial charge < -0.3 is 10.2 Å². The molecule has 130 valence electrons. The molecule has 2 aliphatic heterocycles. The molecule has 1 aliphatic carbocycles. The summed E-state index contributed by atoms with van der Waals surface area (Å²) in [6.07, 6.45) is 7.13. The van der Waals surface area contributed by atoms with Gasteiger partial charge in [-0.05, 0) is 43.4 Å². The number of hydrogen-bond acceptors (Lipinski definition) is 4. The zero-order valence-corrected chi connectivity index (χ0v) is 14.8. The largest absolute Gasteiger partial charge is 0.356 e. The van der Waals surface area contributed by atoms with E-state index in [1.165, 1.54) is 25.7 Å². The van der Waals surface area contributed by atoms with Crippen LogP contribution in [0.4, 0.5) is 5.82 Å². The van der Waals surface area contributed by atoms with Crippen molar-refractivity contribution < 1.29 is 4.79 Å². The summed E-state index contributed by atoms with van der Waals surface area (Å²) in [5, 5.41) is 2.94. The lowest BCUT2D eigenvalue weighted by atomic mass is 9.78. The molecule has 5 nitrogen and oxygen atoms in total. The van der Waals surface area contributed by atoms with Crippen molar-refractivity contribution in [1.82, 2.24) is 15.3 Å². The molecule has 0 aromatic carbocycles. The Morgan fingerprint density at radius 3 is 2.67 bits per heavy atom. The Kier molecular flexibility index (Phi) is 4.19. The number of carbonyl (C=O) groups excluding carboxylic acids is 1. The van der Waals surface area contributed by atoms with Crippen molar-refractivity contribution in [1.29, 1.82) is 0 Å². The molecule has 1 aromatic heterocycles. The van der Waals surface area contributed by atoms with Crippen molar-refractivity contribution >= 4 is 11.7 Å². The van der Waals surface area contributed by atoms with Crippen LogP contribution in [-0.2, 0) is 12.8 Å². The summed E-state index contributed by atoms with van der Waals surface area (Å²) >= 11 is 0. The summed E-state index contributed by atoms with van der Waals surface area (Å²) in [6.45, 7) is 7.25. The van der Waals surface area contributed by atoms with Gasteiger partial charge in [0, 0.05) is 31.6 Å². The molecule has 1 saturated carbocycles. The molecule has 3 heterocycles.